The monoisotopic (exact) mass is 476 g/mol. The highest BCUT2D eigenvalue weighted by Gasteiger charge is 2.77. The number of ether oxygens (including phenoxy) is 2. The lowest BCUT2D eigenvalue weighted by Gasteiger charge is -2.50. The van der Waals surface area contributed by atoms with Gasteiger partial charge in [0.25, 0.3) is 0 Å². The molecule has 36 heavy (non-hydrogen) atoms. The zero-order chi connectivity index (χ0) is 23.2. The number of benzene rings is 2. The minimum atomic E-state index is -0.0512. The number of rotatable bonds is 0. The van der Waals surface area contributed by atoms with Gasteiger partial charge in [0, 0.05) is 23.7 Å². The summed E-state index contributed by atoms with van der Waals surface area (Å²) in [5, 5.41) is 0. The van der Waals surface area contributed by atoms with Crippen molar-refractivity contribution in [2.45, 2.75) is 37.3 Å². The van der Waals surface area contributed by atoms with Crippen molar-refractivity contribution >= 4 is 11.6 Å². The molecule has 0 aromatic heterocycles. The second-order valence-corrected chi connectivity index (χ2v) is 13.6. The molecule has 0 radical (unpaired) electrons. The smallest absolute Gasteiger partial charge is 0.141 e. The third-order valence-corrected chi connectivity index (χ3v) is 13.1. The van der Waals surface area contributed by atoms with Gasteiger partial charge in [-0.1, -0.05) is 48.5 Å². The van der Waals surface area contributed by atoms with E-state index in [1.165, 1.54) is 22.3 Å². The molecule has 9 aliphatic rings. The molecular formula is C32H28O4. The number of ketones is 2. The van der Waals surface area contributed by atoms with Crippen LogP contribution in [0.4, 0.5) is 0 Å². The molecule has 180 valence electrons. The predicted octanol–water partition coefficient (Wildman–Crippen LogP) is 5.02. The first-order valence-electron chi connectivity index (χ1n) is 14.3. The van der Waals surface area contributed by atoms with E-state index in [1.807, 2.05) is 0 Å². The Morgan fingerprint density at radius 1 is 0.472 bits per heavy atom. The Balaban J connectivity index is 1.01. The number of fused-ring (bicyclic) bond motifs is 30. The van der Waals surface area contributed by atoms with Gasteiger partial charge in [0.1, 0.15) is 11.6 Å². The van der Waals surface area contributed by atoms with Crippen LogP contribution in [0.25, 0.3) is 0 Å². The van der Waals surface area contributed by atoms with Gasteiger partial charge in [-0.25, -0.2) is 0 Å². The Morgan fingerprint density at radius 2 is 0.750 bits per heavy atom. The van der Waals surface area contributed by atoms with Crippen molar-refractivity contribution in [2.24, 2.45) is 71.0 Å². The molecule has 0 amide bonds. The predicted molar refractivity (Wildman–Crippen MR) is 127 cm³/mol. The summed E-state index contributed by atoms with van der Waals surface area (Å²) in [4.78, 5) is 28.9. The van der Waals surface area contributed by atoms with Crippen molar-refractivity contribution in [3.05, 3.63) is 70.8 Å². The van der Waals surface area contributed by atoms with E-state index in [2.05, 4.69) is 48.5 Å². The highest BCUT2D eigenvalue weighted by Crippen LogP contribution is 2.78. The van der Waals surface area contributed by atoms with E-state index in [0.717, 1.165) is 12.8 Å². The molecule has 7 fully saturated rings. The molecule has 2 saturated heterocycles. The topological polar surface area (TPSA) is 52.6 Å². The fourth-order valence-electron chi connectivity index (χ4n) is 12.6. The lowest BCUT2D eigenvalue weighted by molar-refractivity contribution is -0.157. The van der Waals surface area contributed by atoms with Crippen molar-refractivity contribution in [2.75, 3.05) is 0 Å². The molecule has 5 saturated carbocycles. The molecule has 4 nitrogen and oxygen atoms in total. The third-order valence-electron chi connectivity index (χ3n) is 13.1. The van der Waals surface area contributed by atoms with Gasteiger partial charge < -0.3 is 9.47 Å². The molecule has 16 atom stereocenters. The van der Waals surface area contributed by atoms with E-state index in [0.29, 0.717) is 58.9 Å². The minimum absolute atomic E-state index is 0.0512. The van der Waals surface area contributed by atoms with Gasteiger partial charge in [-0.2, -0.15) is 0 Å². The summed E-state index contributed by atoms with van der Waals surface area (Å²) in [6, 6.07) is 17.4. The van der Waals surface area contributed by atoms with E-state index < -0.39 is 0 Å². The fourth-order valence-corrected chi connectivity index (χ4v) is 12.6. The summed E-state index contributed by atoms with van der Waals surface area (Å²) in [5.41, 5.74) is 5.39. The maximum absolute atomic E-state index is 14.5. The van der Waals surface area contributed by atoms with Crippen LogP contribution in [0.2, 0.25) is 0 Å². The van der Waals surface area contributed by atoms with Gasteiger partial charge in [0.2, 0.25) is 0 Å². The maximum Gasteiger partial charge on any atom is 0.141 e. The average Bonchev–Trinajstić information content (AvgIpc) is 3.73. The molecule has 4 heterocycles. The quantitative estimate of drug-likeness (QED) is 0.536. The normalized spacial score (nSPS) is 56.6. The molecule has 0 unspecified atom stereocenters. The zero-order valence-electron chi connectivity index (χ0n) is 19.9. The van der Waals surface area contributed by atoms with Crippen LogP contribution in [0.1, 0.15) is 59.5 Å². The van der Waals surface area contributed by atoms with Crippen LogP contribution < -0.4 is 0 Å². The summed E-state index contributed by atoms with van der Waals surface area (Å²) in [6.07, 6.45) is 2.66. The van der Waals surface area contributed by atoms with Crippen molar-refractivity contribution in [1.29, 1.82) is 0 Å². The van der Waals surface area contributed by atoms with E-state index in [-0.39, 0.29) is 48.1 Å². The molecule has 0 N–H and O–H groups in total. The Bertz CT molecular complexity index is 1220. The van der Waals surface area contributed by atoms with Crippen molar-refractivity contribution < 1.29 is 19.1 Å². The van der Waals surface area contributed by atoms with E-state index in [1.54, 1.807) is 0 Å². The summed E-state index contributed by atoms with van der Waals surface area (Å²) in [5.74, 6) is 3.75. The van der Waals surface area contributed by atoms with E-state index >= 15 is 0 Å². The van der Waals surface area contributed by atoms with Gasteiger partial charge in [-0.15, -0.1) is 0 Å². The molecule has 5 aliphatic carbocycles. The second-order valence-electron chi connectivity index (χ2n) is 13.6. The number of hydrogen-bond acceptors (Lipinski definition) is 4. The number of hydrogen-bond donors (Lipinski definition) is 0. The van der Waals surface area contributed by atoms with Crippen LogP contribution in [0.3, 0.4) is 0 Å². The van der Waals surface area contributed by atoms with Crippen molar-refractivity contribution in [1.82, 2.24) is 0 Å². The molecule has 2 aromatic rings. The average molecular weight is 477 g/mol. The summed E-state index contributed by atoms with van der Waals surface area (Å²) in [7, 11) is 0. The standard InChI is InChI=1S/C32H28O4/c33-27-19-15-9-16(24-23(15)29-11-5-1-2-6-12(11)30(24)35-29)20(19)28(34)22-18-10-17(21(22)27)25-26(18)32-14-8-4-3-7-13(14)31(25)36-32/h1-8,15-26,29-32H,9-10H2/t15-,16+,17+,18-,19-,20+,21+,22-,23-,24+,25+,26-,29-,30+,31-,32+. The van der Waals surface area contributed by atoms with Crippen LogP contribution in [0.5, 0.6) is 0 Å². The van der Waals surface area contributed by atoms with Crippen LogP contribution in [0.15, 0.2) is 48.5 Å². The highest BCUT2D eigenvalue weighted by atomic mass is 16.5. The molecular weight excluding hydrogens is 448 g/mol. The molecule has 4 aliphatic heterocycles. The summed E-state index contributed by atoms with van der Waals surface area (Å²) >= 11 is 0. The third kappa shape index (κ3) is 1.72. The van der Waals surface area contributed by atoms with Gasteiger partial charge in [-0.05, 0) is 82.4 Å². The highest BCUT2D eigenvalue weighted by molar-refractivity contribution is 6.02. The first-order valence-corrected chi connectivity index (χ1v) is 14.3. The van der Waals surface area contributed by atoms with Gasteiger partial charge in [0.05, 0.1) is 24.4 Å². The molecule has 2 aromatic carbocycles. The Morgan fingerprint density at radius 3 is 1.03 bits per heavy atom. The fraction of sp³-hybridized carbons (Fsp3) is 0.562. The minimum Gasteiger partial charge on any atom is -0.365 e. The second kappa shape index (κ2) is 5.73. The zero-order valence-corrected chi connectivity index (χ0v) is 19.9. The lowest BCUT2D eigenvalue weighted by Crippen LogP contribution is -2.57. The van der Waals surface area contributed by atoms with Crippen molar-refractivity contribution in [3.8, 4) is 0 Å². The first-order chi connectivity index (χ1) is 17.7. The van der Waals surface area contributed by atoms with Gasteiger partial charge in [0.15, 0.2) is 0 Å². The van der Waals surface area contributed by atoms with Gasteiger partial charge >= 0.3 is 0 Å². The van der Waals surface area contributed by atoms with E-state index in [9.17, 15) is 9.59 Å². The summed E-state index contributed by atoms with van der Waals surface area (Å²) in [6.45, 7) is 0. The molecule has 11 rings (SSSR count). The molecule has 0 spiro atoms. The lowest BCUT2D eigenvalue weighted by atomic mass is 9.50. The van der Waals surface area contributed by atoms with Crippen molar-refractivity contribution in [3.63, 3.8) is 0 Å². The van der Waals surface area contributed by atoms with Gasteiger partial charge in [-0.3, -0.25) is 9.59 Å². The Labute approximate surface area is 209 Å². The Hall–Kier alpha value is -2.30. The van der Waals surface area contributed by atoms with E-state index in [4.69, 9.17) is 9.47 Å². The SMILES string of the molecule is O=C1[C@@H]2[C@H]3C[C@@H]([C@@H]2C(=O)[C@@H]2[C@H]4C[C@@H]([C@H]12)[C@H]1[C@@H]4[C@H]2O[C@@H]1c1ccccc12)[C@H]1[C@@H]3[C@@H]2O[C@H]1c1ccccc12. The number of carbonyl (C=O) groups excluding carboxylic acids is 2. The molecule has 8 bridgehead atoms. The summed E-state index contributed by atoms with van der Waals surface area (Å²) < 4.78 is 13.2. The van der Waals surface area contributed by atoms with Crippen LogP contribution >= 0.6 is 0 Å². The van der Waals surface area contributed by atoms with Crippen LogP contribution in [-0.2, 0) is 19.1 Å². The largest absolute Gasteiger partial charge is 0.365 e. The number of carbonyl (C=O) groups is 2. The first kappa shape index (κ1) is 18.9. The number of Topliss-reactive ketones (excluding diaryl/α,β-unsaturated/α-hetero) is 2. The molecule has 4 heteroatoms. The maximum atomic E-state index is 14.5. The van der Waals surface area contributed by atoms with Crippen LogP contribution in [-0.4, -0.2) is 11.6 Å². The van der Waals surface area contributed by atoms with Crippen LogP contribution in [0, 0.1) is 71.0 Å². The Kier molecular flexibility index (Phi) is 3.01.